The monoisotopic (exact) mass is 255 g/mol. The molecule has 0 saturated heterocycles. The van der Waals surface area contributed by atoms with Crippen molar-refractivity contribution in [2.75, 3.05) is 0 Å². The molecule has 0 saturated carbocycles. The van der Waals surface area contributed by atoms with Crippen molar-refractivity contribution in [3.05, 3.63) is 59.9 Å². The van der Waals surface area contributed by atoms with E-state index in [4.69, 9.17) is 0 Å². The Morgan fingerprint density at radius 3 is 2.58 bits per heavy atom. The summed E-state index contributed by atoms with van der Waals surface area (Å²) in [6.45, 7) is 0. The summed E-state index contributed by atoms with van der Waals surface area (Å²) >= 11 is 0. The van der Waals surface area contributed by atoms with Gasteiger partial charge in [0.25, 0.3) is 5.91 Å². The van der Waals surface area contributed by atoms with E-state index in [1.165, 1.54) is 11.1 Å². The molecule has 1 atom stereocenters. The molecule has 1 heterocycles. The summed E-state index contributed by atoms with van der Waals surface area (Å²) in [5, 5.41) is 0. The first-order valence-corrected chi connectivity index (χ1v) is 5.93. The number of hydrogen-bond acceptors (Lipinski definition) is 3. The molecular formula is C15H13NO3. The van der Waals surface area contributed by atoms with Gasteiger partial charge in [0.1, 0.15) is 12.6 Å². The summed E-state index contributed by atoms with van der Waals surface area (Å²) in [6.07, 6.45) is 6.46. The molecule has 4 nitrogen and oxygen atoms in total. The number of allylic oxidation sites excluding steroid dienone is 2. The van der Waals surface area contributed by atoms with Crippen molar-refractivity contribution >= 4 is 18.5 Å². The average Bonchev–Trinajstić information content (AvgIpc) is 2.48. The molecule has 2 rings (SSSR count). The molecule has 0 N–H and O–H groups in total. The van der Waals surface area contributed by atoms with Crippen LogP contribution >= 0.6 is 0 Å². The number of carbonyl (C=O) groups excluding carboxylic acids is 3. The molecule has 1 aromatic carbocycles. The van der Waals surface area contributed by atoms with Gasteiger partial charge in [-0.25, -0.2) is 0 Å². The van der Waals surface area contributed by atoms with Crippen LogP contribution in [0.5, 0.6) is 0 Å². The van der Waals surface area contributed by atoms with Gasteiger partial charge in [-0.1, -0.05) is 24.3 Å². The minimum atomic E-state index is -0.241. The van der Waals surface area contributed by atoms with Crippen LogP contribution in [0.3, 0.4) is 0 Å². The molecule has 1 aliphatic rings. The lowest BCUT2D eigenvalue weighted by molar-refractivity contribution is -0.108. The highest BCUT2D eigenvalue weighted by atomic mass is 16.2. The van der Waals surface area contributed by atoms with Gasteiger partial charge in [0.2, 0.25) is 0 Å². The lowest BCUT2D eigenvalue weighted by atomic mass is 9.95. The van der Waals surface area contributed by atoms with Crippen LogP contribution in [0.25, 0.3) is 0 Å². The number of hydrogen-bond donors (Lipinski definition) is 0. The second-order valence-electron chi connectivity index (χ2n) is 4.18. The minimum absolute atomic E-state index is 0.208. The zero-order valence-electron chi connectivity index (χ0n) is 10.2. The Labute approximate surface area is 111 Å². The average molecular weight is 255 g/mol. The summed E-state index contributed by atoms with van der Waals surface area (Å²) in [5.41, 5.74) is 0.973. The molecule has 1 amide bonds. The highest BCUT2D eigenvalue weighted by Crippen LogP contribution is 2.21. The van der Waals surface area contributed by atoms with Gasteiger partial charge in [-0.3, -0.25) is 14.5 Å². The van der Waals surface area contributed by atoms with Gasteiger partial charge >= 0.3 is 0 Å². The fourth-order valence-electron chi connectivity index (χ4n) is 1.90. The SMILES string of the molecule is O=CC[C@@H]1C=CN(C(=O)c2ccccc2)C=C1C=O. The smallest absolute Gasteiger partial charge is 0.261 e. The Morgan fingerprint density at radius 1 is 1.21 bits per heavy atom. The van der Waals surface area contributed by atoms with E-state index in [1.54, 1.807) is 36.5 Å². The largest absolute Gasteiger partial charge is 0.303 e. The quantitative estimate of drug-likeness (QED) is 0.773. The van der Waals surface area contributed by atoms with E-state index in [0.717, 1.165) is 6.29 Å². The topological polar surface area (TPSA) is 54.5 Å². The summed E-state index contributed by atoms with van der Waals surface area (Å²) in [7, 11) is 0. The van der Waals surface area contributed by atoms with Crippen LogP contribution in [0.15, 0.2) is 54.4 Å². The summed E-state index contributed by atoms with van der Waals surface area (Å²) < 4.78 is 0. The molecule has 0 radical (unpaired) electrons. The van der Waals surface area contributed by atoms with Gasteiger partial charge in [-0.15, -0.1) is 0 Å². The second kappa shape index (κ2) is 5.91. The van der Waals surface area contributed by atoms with Crippen LogP contribution in [-0.2, 0) is 9.59 Å². The van der Waals surface area contributed by atoms with E-state index in [2.05, 4.69) is 0 Å². The van der Waals surface area contributed by atoms with Crippen LogP contribution in [0.4, 0.5) is 0 Å². The van der Waals surface area contributed by atoms with E-state index in [-0.39, 0.29) is 18.2 Å². The third kappa shape index (κ3) is 2.85. The molecule has 1 aromatic rings. The van der Waals surface area contributed by atoms with Crippen LogP contribution in [0.1, 0.15) is 16.8 Å². The van der Waals surface area contributed by atoms with Crippen molar-refractivity contribution in [2.45, 2.75) is 6.42 Å². The van der Waals surface area contributed by atoms with E-state index < -0.39 is 0 Å². The zero-order valence-corrected chi connectivity index (χ0v) is 10.2. The number of benzene rings is 1. The fourth-order valence-corrected chi connectivity index (χ4v) is 1.90. The Balaban J connectivity index is 2.21. The molecule has 0 bridgehead atoms. The fraction of sp³-hybridized carbons (Fsp3) is 0.133. The molecule has 19 heavy (non-hydrogen) atoms. The third-order valence-electron chi connectivity index (χ3n) is 2.94. The van der Waals surface area contributed by atoms with Crippen LogP contribution in [0, 0.1) is 5.92 Å². The first-order valence-electron chi connectivity index (χ1n) is 5.93. The molecule has 4 heteroatoms. The van der Waals surface area contributed by atoms with Crippen LogP contribution in [0.2, 0.25) is 0 Å². The lowest BCUT2D eigenvalue weighted by Crippen LogP contribution is -2.25. The molecular weight excluding hydrogens is 242 g/mol. The summed E-state index contributed by atoms with van der Waals surface area (Å²) in [4.78, 5) is 35.0. The zero-order chi connectivity index (χ0) is 13.7. The maximum absolute atomic E-state index is 12.2. The number of amides is 1. The Morgan fingerprint density at radius 2 is 1.95 bits per heavy atom. The normalized spacial score (nSPS) is 17.8. The Bertz CT molecular complexity index is 546. The minimum Gasteiger partial charge on any atom is -0.303 e. The predicted molar refractivity (Wildman–Crippen MR) is 70.1 cm³/mol. The highest BCUT2D eigenvalue weighted by molar-refractivity contribution is 5.96. The summed E-state index contributed by atoms with van der Waals surface area (Å²) in [6, 6.07) is 8.81. The first-order chi connectivity index (χ1) is 9.26. The predicted octanol–water partition coefficient (Wildman–Crippen LogP) is 1.94. The van der Waals surface area contributed by atoms with Gasteiger partial charge in [-0.05, 0) is 12.1 Å². The number of aldehydes is 2. The summed E-state index contributed by atoms with van der Waals surface area (Å²) in [5.74, 6) is -0.449. The van der Waals surface area contributed by atoms with E-state index in [9.17, 15) is 14.4 Å². The Kier molecular flexibility index (Phi) is 4.03. The van der Waals surface area contributed by atoms with Crippen molar-refractivity contribution in [3.8, 4) is 0 Å². The van der Waals surface area contributed by atoms with Gasteiger partial charge in [0, 0.05) is 35.9 Å². The third-order valence-corrected chi connectivity index (χ3v) is 2.94. The van der Waals surface area contributed by atoms with Crippen molar-refractivity contribution in [2.24, 2.45) is 5.92 Å². The molecule has 96 valence electrons. The van der Waals surface area contributed by atoms with Crippen molar-refractivity contribution in [1.29, 1.82) is 0 Å². The van der Waals surface area contributed by atoms with Crippen LogP contribution in [-0.4, -0.2) is 23.4 Å². The lowest BCUT2D eigenvalue weighted by Gasteiger charge is -2.22. The standard InChI is InChI=1S/C15H13NO3/c17-9-7-12-6-8-16(10-14(12)11-18)15(19)13-4-2-1-3-5-13/h1-6,8-12H,7H2/t12-/m0/s1. The van der Waals surface area contributed by atoms with E-state index in [0.29, 0.717) is 17.4 Å². The van der Waals surface area contributed by atoms with Gasteiger partial charge in [-0.2, -0.15) is 0 Å². The molecule has 1 aliphatic heterocycles. The number of carbonyl (C=O) groups is 3. The maximum atomic E-state index is 12.2. The van der Waals surface area contributed by atoms with E-state index in [1.807, 2.05) is 6.07 Å². The number of rotatable bonds is 4. The van der Waals surface area contributed by atoms with E-state index >= 15 is 0 Å². The molecule has 0 spiro atoms. The van der Waals surface area contributed by atoms with Gasteiger partial charge in [0.15, 0.2) is 0 Å². The van der Waals surface area contributed by atoms with Crippen molar-refractivity contribution in [1.82, 2.24) is 4.90 Å². The second-order valence-corrected chi connectivity index (χ2v) is 4.18. The molecule has 0 aliphatic carbocycles. The van der Waals surface area contributed by atoms with Crippen LogP contribution < -0.4 is 0 Å². The number of nitrogens with zero attached hydrogens (tertiary/aromatic N) is 1. The van der Waals surface area contributed by atoms with Gasteiger partial charge < -0.3 is 4.79 Å². The molecule has 0 fully saturated rings. The van der Waals surface area contributed by atoms with Gasteiger partial charge in [0.05, 0.1) is 0 Å². The highest BCUT2D eigenvalue weighted by Gasteiger charge is 2.20. The first kappa shape index (κ1) is 13.0. The van der Waals surface area contributed by atoms with Crippen molar-refractivity contribution < 1.29 is 14.4 Å². The van der Waals surface area contributed by atoms with Crippen molar-refractivity contribution in [3.63, 3.8) is 0 Å². The molecule has 0 aromatic heterocycles. The molecule has 0 unspecified atom stereocenters. The Hall–Kier alpha value is -2.49. The maximum Gasteiger partial charge on any atom is 0.261 e.